The van der Waals surface area contributed by atoms with E-state index in [4.69, 9.17) is 4.98 Å². The number of nitrogens with one attached hydrogen (secondary N) is 1. The van der Waals surface area contributed by atoms with Gasteiger partial charge in [0.1, 0.15) is 5.82 Å². The van der Waals surface area contributed by atoms with Crippen LogP contribution >= 0.6 is 0 Å². The van der Waals surface area contributed by atoms with Crippen molar-refractivity contribution in [2.24, 2.45) is 0 Å². The summed E-state index contributed by atoms with van der Waals surface area (Å²) in [4.78, 5) is 7.25. The lowest BCUT2D eigenvalue weighted by molar-refractivity contribution is 0.611. The third-order valence-electron chi connectivity index (χ3n) is 4.53. The van der Waals surface area contributed by atoms with Crippen molar-refractivity contribution in [3.63, 3.8) is 0 Å². The van der Waals surface area contributed by atoms with Gasteiger partial charge in [0.25, 0.3) is 0 Å². The summed E-state index contributed by atoms with van der Waals surface area (Å²) in [5.74, 6) is 1.22. The van der Waals surface area contributed by atoms with Crippen LogP contribution in [0.2, 0.25) is 0 Å². The fourth-order valence-electron chi connectivity index (χ4n) is 3.20. The SMILES string of the molecule is CCC1CCC(C)N1c1ncccc1CNC1CC1. The first-order chi connectivity index (χ1) is 9.29. The van der Waals surface area contributed by atoms with Crippen molar-refractivity contribution in [2.45, 2.75) is 70.6 Å². The van der Waals surface area contributed by atoms with Gasteiger partial charge in [0.05, 0.1) is 0 Å². The van der Waals surface area contributed by atoms with Crippen LogP contribution in [0.3, 0.4) is 0 Å². The van der Waals surface area contributed by atoms with Gasteiger partial charge < -0.3 is 10.2 Å². The molecule has 0 amide bonds. The van der Waals surface area contributed by atoms with Crippen molar-refractivity contribution < 1.29 is 0 Å². The highest BCUT2D eigenvalue weighted by Crippen LogP contribution is 2.33. The molecule has 2 heterocycles. The van der Waals surface area contributed by atoms with Crippen LogP contribution in [0.15, 0.2) is 18.3 Å². The molecule has 3 nitrogen and oxygen atoms in total. The van der Waals surface area contributed by atoms with Gasteiger partial charge >= 0.3 is 0 Å². The molecule has 2 atom stereocenters. The molecule has 1 aromatic rings. The molecule has 104 valence electrons. The first-order valence-electron chi connectivity index (χ1n) is 7.75. The third-order valence-corrected chi connectivity index (χ3v) is 4.53. The lowest BCUT2D eigenvalue weighted by Crippen LogP contribution is -2.36. The lowest BCUT2D eigenvalue weighted by atomic mass is 10.1. The largest absolute Gasteiger partial charge is 0.351 e. The van der Waals surface area contributed by atoms with Gasteiger partial charge in [0, 0.05) is 36.4 Å². The Morgan fingerprint density at radius 1 is 1.32 bits per heavy atom. The second-order valence-electron chi connectivity index (χ2n) is 6.04. The summed E-state index contributed by atoms with van der Waals surface area (Å²) < 4.78 is 0. The zero-order valence-corrected chi connectivity index (χ0v) is 12.1. The molecular weight excluding hydrogens is 234 g/mol. The molecule has 19 heavy (non-hydrogen) atoms. The highest BCUT2D eigenvalue weighted by atomic mass is 15.3. The maximum absolute atomic E-state index is 4.69. The first kappa shape index (κ1) is 12.9. The number of anilines is 1. The Morgan fingerprint density at radius 3 is 2.89 bits per heavy atom. The average molecular weight is 259 g/mol. The van der Waals surface area contributed by atoms with Gasteiger partial charge in [-0.05, 0) is 45.1 Å². The van der Waals surface area contributed by atoms with E-state index >= 15 is 0 Å². The topological polar surface area (TPSA) is 28.2 Å². The Morgan fingerprint density at radius 2 is 2.16 bits per heavy atom. The fourth-order valence-corrected chi connectivity index (χ4v) is 3.20. The standard InChI is InChI=1S/C16H25N3/c1-3-15-9-6-12(2)19(15)16-13(5-4-10-17-16)11-18-14-7-8-14/h4-5,10,12,14-15,18H,3,6-9,11H2,1-2H3. The van der Waals surface area contributed by atoms with Gasteiger partial charge in [0.2, 0.25) is 0 Å². The van der Waals surface area contributed by atoms with E-state index in [1.165, 1.54) is 43.5 Å². The van der Waals surface area contributed by atoms with Gasteiger partial charge in [-0.25, -0.2) is 4.98 Å². The van der Waals surface area contributed by atoms with Crippen molar-refractivity contribution in [3.05, 3.63) is 23.9 Å². The van der Waals surface area contributed by atoms with Crippen LogP contribution in [-0.2, 0) is 6.54 Å². The number of nitrogens with zero attached hydrogens (tertiary/aromatic N) is 2. The first-order valence-corrected chi connectivity index (χ1v) is 7.75. The minimum absolute atomic E-state index is 0.625. The molecule has 0 aromatic carbocycles. The zero-order chi connectivity index (χ0) is 13.2. The quantitative estimate of drug-likeness (QED) is 0.880. The molecule has 1 aliphatic heterocycles. The second-order valence-corrected chi connectivity index (χ2v) is 6.04. The maximum atomic E-state index is 4.69. The van der Waals surface area contributed by atoms with Crippen molar-refractivity contribution in [3.8, 4) is 0 Å². The third kappa shape index (κ3) is 2.76. The highest BCUT2D eigenvalue weighted by molar-refractivity contribution is 5.49. The molecular formula is C16H25N3. The summed E-state index contributed by atoms with van der Waals surface area (Å²) in [6.45, 7) is 5.59. The Bertz CT molecular complexity index is 428. The molecule has 2 unspecified atom stereocenters. The fraction of sp³-hybridized carbons (Fsp3) is 0.688. The molecule has 0 bridgehead atoms. The minimum Gasteiger partial charge on any atom is -0.351 e. The summed E-state index contributed by atoms with van der Waals surface area (Å²) in [5, 5.41) is 3.62. The highest BCUT2D eigenvalue weighted by Gasteiger charge is 2.31. The number of rotatable bonds is 5. The molecule has 1 saturated heterocycles. The summed E-state index contributed by atoms with van der Waals surface area (Å²) in [6.07, 6.45) is 8.44. The maximum Gasteiger partial charge on any atom is 0.133 e. The summed E-state index contributed by atoms with van der Waals surface area (Å²) >= 11 is 0. The van der Waals surface area contributed by atoms with Crippen molar-refractivity contribution in [1.82, 2.24) is 10.3 Å². The molecule has 1 N–H and O–H groups in total. The van der Waals surface area contributed by atoms with Crippen LogP contribution in [0.4, 0.5) is 5.82 Å². The van der Waals surface area contributed by atoms with Crippen molar-refractivity contribution >= 4 is 5.82 Å². The molecule has 0 radical (unpaired) electrons. The van der Waals surface area contributed by atoms with E-state index in [1.807, 2.05) is 6.20 Å². The van der Waals surface area contributed by atoms with Gasteiger partial charge in [-0.1, -0.05) is 13.0 Å². The second kappa shape index (κ2) is 5.49. The number of pyridine rings is 1. The number of hydrogen-bond donors (Lipinski definition) is 1. The Kier molecular flexibility index (Phi) is 3.74. The van der Waals surface area contributed by atoms with Crippen LogP contribution in [0, 0.1) is 0 Å². The van der Waals surface area contributed by atoms with E-state index in [0.29, 0.717) is 12.1 Å². The summed E-state index contributed by atoms with van der Waals surface area (Å²) in [6, 6.07) is 6.35. The van der Waals surface area contributed by atoms with Crippen LogP contribution in [0.5, 0.6) is 0 Å². The van der Waals surface area contributed by atoms with Crippen molar-refractivity contribution in [2.75, 3.05) is 4.90 Å². The average Bonchev–Trinajstić information content (AvgIpc) is 3.19. The normalized spacial score (nSPS) is 26.9. The van der Waals surface area contributed by atoms with E-state index in [1.54, 1.807) is 0 Å². The van der Waals surface area contributed by atoms with Crippen LogP contribution in [0.1, 0.15) is 51.5 Å². The summed E-state index contributed by atoms with van der Waals surface area (Å²) in [5.41, 5.74) is 1.36. The number of aromatic nitrogens is 1. The van der Waals surface area contributed by atoms with Gasteiger partial charge in [-0.2, -0.15) is 0 Å². The van der Waals surface area contributed by atoms with Gasteiger partial charge in [-0.3, -0.25) is 0 Å². The molecule has 3 heteroatoms. The summed E-state index contributed by atoms with van der Waals surface area (Å²) in [7, 11) is 0. The van der Waals surface area contributed by atoms with E-state index < -0.39 is 0 Å². The Hall–Kier alpha value is -1.09. The predicted molar refractivity (Wildman–Crippen MR) is 79.4 cm³/mol. The van der Waals surface area contributed by atoms with E-state index in [-0.39, 0.29) is 0 Å². The predicted octanol–water partition coefficient (Wildman–Crippen LogP) is 3.10. The molecule has 2 fully saturated rings. The molecule has 0 spiro atoms. The lowest BCUT2D eigenvalue weighted by Gasteiger charge is -2.31. The van der Waals surface area contributed by atoms with Crippen LogP contribution in [0.25, 0.3) is 0 Å². The van der Waals surface area contributed by atoms with Gasteiger partial charge in [0.15, 0.2) is 0 Å². The minimum atomic E-state index is 0.625. The zero-order valence-electron chi connectivity index (χ0n) is 12.1. The smallest absolute Gasteiger partial charge is 0.133 e. The molecule has 1 aliphatic carbocycles. The van der Waals surface area contributed by atoms with E-state index in [9.17, 15) is 0 Å². The number of hydrogen-bond acceptors (Lipinski definition) is 3. The van der Waals surface area contributed by atoms with Crippen LogP contribution < -0.4 is 10.2 Å². The molecule has 1 aromatic heterocycles. The van der Waals surface area contributed by atoms with Crippen molar-refractivity contribution in [1.29, 1.82) is 0 Å². The van der Waals surface area contributed by atoms with E-state index in [2.05, 4.69) is 36.2 Å². The molecule has 2 aliphatic rings. The van der Waals surface area contributed by atoms with Gasteiger partial charge in [-0.15, -0.1) is 0 Å². The Labute approximate surface area is 116 Å². The Balaban J connectivity index is 1.81. The molecule has 3 rings (SSSR count). The monoisotopic (exact) mass is 259 g/mol. The van der Waals surface area contributed by atoms with Crippen LogP contribution in [-0.4, -0.2) is 23.1 Å². The molecule has 1 saturated carbocycles. The van der Waals surface area contributed by atoms with E-state index in [0.717, 1.165) is 12.6 Å².